The Kier molecular flexibility index (Phi) is 4.62. The number of anilines is 1. The van der Waals surface area contributed by atoms with E-state index in [9.17, 15) is 8.78 Å². The molecule has 0 radical (unpaired) electrons. The summed E-state index contributed by atoms with van der Waals surface area (Å²) < 4.78 is 27.7. The van der Waals surface area contributed by atoms with Crippen LogP contribution < -0.4 is 5.32 Å². The van der Waals surface area contributed by atoms with Gasteiger partial charge in [-0.05, 0) is 53.3 Å². The van der Waals surface area contributed by atoms with E-state index < -0.39 is 11.6 Å². The van der Waals surface area contributed by atoms with Crippen LogP contribution in [-0.4, -0.2) is 0 Å². The van der Waals surface area contributed by atoms with Gasteiger partial charge in [-0.1, -0.05) is 23.7 Å². The maximum atomic E-state index is 13.7. The molecule has 0 aromatic heterocycles. The minimum absolute atomic E-state index is 0.0369. The molecule has 1 N–H and O–H groups in total. The highest BCUT2D eigenvalue weighted by Crippen LogP contribution is 2.30. The molecule has 100 valence electrons. The highest BCUT2D eigenvalue weighted by molar-refractivity contribution is 14.1. The number of benzene rings is 2. The summed E-state index contributed by atoms with van der Waals surface area (Å²) in [5.74, 6) is -1.38. The Bertz CT molecular complexity index is 563. The van der Waals surface area contributed by atoms with Crippen molar-refractivity contribution < 1.29 is 8.78 Å². The summed E-state index contributed by atoms with van der Waals surface area (Å²) in [7, 11) is 0. The van der Waals surface area contributed by atoms with E-state index in [1.54, 1.807) is 0 Å². The third-order valence-electron chi connectivity index (χ3n) is 2.74. The fraction of sp³-hybridized carbons (Fsp3) is 0.143. The fourth-order valence-corrected chi connectivity index (χ4v) is 2.34. The van der Waals surface area contributed by atoms with Crippen molar-refractivity contribution in [3.05, 3.63) is 62.2 Å². The first kappa shape index (κ1) is 14.5. The van der Waals surface area contributed by atoms with Crippen LogP contribution in [0.4, 0.5) is 14.5 Å². The quantitative estimate of drug-likeness (QED) is 0.689. The summed E-state index contributed by atoms with van der Waals surface area (Å²) in [5, 5.41) is 3.00. The molecule has 2 rings (SSSR count). The van der Waals surface area contributed by atoms with Crippen molar-refractivity contribution in [1.82, 2.24) is 0 Å². The molecule has 1 unspecified atom stereocenters. The Hall–Kier alpha value is -0.880. The van der Waals surface area contributed by atoms with Gasteiger partial charge in [0.15, 0.2) is 5.82 Å². The van der Waals surface area contributed by atoms with E-state index in [1.807, 2.05) is 31.2 Å². The molecule has 0 aliphatic rings. The van der Waals surface area contributed by atoms with Crippen LogP contribution >= 0.6 is 34.2 Å². The van der Waals surface area contributed by atoms with Crippen molar-refractivity contribution >= 4 is 39.9 Å². The zero-order valence-electron chi connectivity index (χ0n) is 10.1. The van der Waals surface area contributed by atoms with Crippen LogP contribution in [0.3, 0.4) is 0 Å². The molecule has 0 spiro atoms. The van der Waals surface area contributed by atoms with Crippen LogP contribution in [0.5, 0.6) is 0 Å². The average Bonchev–Trinajstić information content (AvgIpc) is 2.34. The number of rotatable bonds is 3. The van der Waals surface area contributed by atoms with E-state index in [0.29, 0.717) is 0 Å². The minimum atomic E-state index is -0.692. The summed E-state index contributed by atoms with van der Waals surface area (Å²) in [5.41, 5.74) is 1.12. The van der Waals surface area contributed by atoms with Crippen LogP contribution in [0.25, 0.3) is 0 Å². The van der Waals surface area contributed by atoms with E-state index in [1.165, 1.54) is 0 Å². The first-order valence-corrected chi connectivity index (χ1v) is 7.09. The first-order chi connectivity index (χ1) is 8.97. The molecule has 5 heteroatoms. The molecule has 0 saturated heterocycles. The molecule has 0 saturated carbocycles. The third kappa shape index (κ3) is 3.57. The molecule has 2 aromatic carbocycles. The summed E-state index contributed by atoms with van der Waals surface area (Å²) in [6, 6.07) is 9.62. The second-order valence-corrected chi connectivity index (χ2v) is 5.81. The molecule has 0 aliphatic heterocycles. The fourth-order valence-electron chi connectivity index (χ4n) is 1.73. The van der Waals surface area contributed by atoms with Gasteiger partial charge in [-0.3, -0.25) is 0 Å². The zero-order chi connectivity index (χ0) is 14.0. The second kappa shape index (κ2) is 6.05. The van der Waals surface area contributed by atoms with E-state index >= 15 is 0 Å². The number of hydrogen-bond donors (Lipinski definition) is 1. The molecule has 1 nitrogen and oxygen atoms in total. The first-order valence-electron chi connectivity index (χ1n) is 5.64. The lowest BCUT2D eigenvalue weighted by atomic mass is 10.1. The summed E-state index contributed by atoms with van der Waals surface area (Å²) in [6.07, 6.45) is 0. The van der Waals surface area contributed by atoms with Gasteiger partial charge in [-0.25, -0.2) is 8.78 Å². The SMILES string of the molecule is CC(Nc1c(F)cc(F)cc1Cl)c1ccc(I)cc1. The molecular weight excluding hydrogens is 383 g/mol. The highest BCUT2D eigenvalue weighted by atomic mass is 127. The van der Waals surface area contributed by atoms with Gasteiger partial charge < -0.3 is 5.32 Å². The van der Waals surface area contributed by atoms with Crippen LogP contribution in [0.2, 0.25) is 5.02 Å². The van der Waals surface area contributed by atoms with Crippen molar-refractivity contribution in [2.45, 2.75) is 13.0 Å². The van der Waals surface area contributed by atoms with Crippen molar-refractivity contribution in [3.63, 3.8) is 0 Å². The molecule has 0 aliphatic carbocycles. The molecule has 0 bridgehead atoms. The zero-order valence-corrected chi connectivity index (χ0v) is 13.0. The minimum Gasteiger partial charge on any atom is -0.375 e. The topological polar surface area (TPSA) is 12.0 Å². The molecule has 19 heavy (non-hydrogen) atoms. The lowest BCUT2D eigenvalue weighted by molar-refractivity contribution is 0.584. The molecule has 0 amide bonds. The Morgan fingerprint density at radius 2 is 1.79 bits per heavy atom. The van der Waals surface area contributed by atoms with Gasteiger partial charge in [-0.15, -0.1) is 0 Å². The number of halogens is 4. The Labute approximate surface area is 129 Å². The lowest BCUT2D eigenvalue weighted by Gasteiger charge is -2.17. The molecular formula is C14H11ClF2IN. The molecule has 1 atom stereocenters. The van der Waals surface area contributed by atoms with Gasteiger partial charge in [0.1, 0.15) is 5.82 Å². The number of hydrogen-bond acceptors (Lipinski definition) is 1. The van der Waals surface area contributed by atoms with Gasteiger partial charge in [0.2, 0.25) is 0 Å². The smallest absolute Gasteiger partial charge is 0.150 e. The predicted octanol–water partition coefficient (Wildman–Crippen LogP) is 5.40. The Morgan fingerprint density at radius 3 is 2.37 bits per heavy atom. The van der Waals surface area contributed by atoms with Gasteiger partial charge in [0.25, 0.3) is 0 Å². The van der Waals surface area contributed by atoms with E-state index in [-0.39, 0.29) is 16.8 Å². The van der Waals surface area contributed by atoms with E-state index in [4.69, 9.17) is 11.6 Å². The van der Waals surface area contributed by atoms with Crippen LogP contribution in [0, 0.1) is 15.2 Å². The average molecular weight is 394 g/mol. The summed E-state index contributed by atoms with van der Waals surface area (Å²) >= 11 is 8.06. The van der Waals surface area contributed by atoms with Gasteiger partial charge in [-0.2, -0.15) is 0 Å². The van der Waals surface area contributed by atoms with Crippen molar-refractivity contribution in [3.8, 4) is 0 Å². The highest BCUT2D eigenvalue weighted by Gasteiger charge is 2.13. The van der Waals surface area contributed by atoms with E-state index in [0.717, 1.165) is 21.3 Å². The maximum Gasteiger partial charge on any atom is 0.150 e. The van der Waals surface area contributed by atoms with E-state index in [2.05, 4.69) is 27.9 Å². The van der Waals surface area contributed by atoms with Crippen LogP contribution in [-0.2, 0) is 0 Å². The third-order valence-corrected chi connectivity index (χ3v) is 3.75. The van der Waals surface area contributed by atoms with Gasteiger partial charge in [0, 0.05) is 15.7 Å². The normalized spacial score (nSPS) is 12.3. The van der Waals surface area contributed by atoms with Crippen LogP contribution in [0.15, 0.2) is 36.4 Å². The predicted molar refractivity (Wildman–Crippen MR) is 82.6 cm³/mol. The molecule has 2 aromatic rings. The van der Waals surface area contributed by atoms with Crippen molar-refractivity contribution in [2.24, 2.45) is 0 Å². The second-order valence-electron chi connectivity index (χ2n) is 4.16. The van der Waals surface area contributed by atoms with Crippen LogP contribution in [0.1, 0.15) is 18.5 Å². The maximum absolute atomic E-state index is 13.7. The summed E-state index contributed by atoms with van der Waals surface area (Å²) in [6.45, 7) is 1.89. The Balaban J connectivity index is 2.24. The largest absolute Gasteiger partial charge is 0.375 e. The lowest BCUT2D eigenvalue weighted by Crippen LogP contribution is -2.08. The van der Waals surface area contributed by atoms with Gasteiger partial charge >= 0.3 is 0 Å². The van der Waals surface area contributed by atoms with Crippen molar-refractivity contribution in [1.29, 1.82) is 0 Å². The standard InChI is InChI=1S/C14H11ClF2IN/c1-8(9-2-4-11(18)5-3-9)19-14-12(15)6-10(16)7-13(14)17/h2-8,19H,1H3. The van der Waals surface area contributed by atoms with Crippen molar-refractivity contribution in [2.75, 3.05) is 5.32 Å². The molecule has 0 fully saturated rings. The monoisotopic (exact) mass is 393 g/mol. The number of nitrogens with one attached hydrogen (secondary N) is 1. The van der Waals surface area contributed by atoms with Gasteiger partial charge in [0.05, 0.1) is 10.7 Å². The summed E-state index contributed by atoms with van der Waals surface area (Å²) in [4.78, 5) is 0. The molecule has 0 heterocycles. The Morgan fingerprint density at radius 1 is 1.16 bits per heavy atom.